The Hall–Kier alpha value is -2.37. The Morgan fingerprint density at radius 3 is 2.84 bits per heavy atom. The Morgan fingerprint density at radius 2 is 2.16 bits per heavy atom. The van der Waals surface area contributed by atoms with E-state index in [4.69, 9.17) is 9.52 Å². The van der Waals surface area contributed by atoms with Gasteiger partial charge in [-0.05, 0) is 18.2 Å². The molecule has 2 rings (SSSR count). The number of carboxylic acid groups (broad SMARTS) is 1. The number of carbonyl (C=O) groups is 2. The van der Waals surface area contributed by atoms with Crippen LogP contribution in [0.15, 0.2) is 22.6 Å². The summed E-state index contributed by atoms with van der Waals surface area (Å²) in [5.74, 6) is -0.681. The third kappa shape index (κ3) is 3.31. The molecule has 0 saturated heterocycles. The van der Waals surface area contributed by atoms with Gasteiger partial charge in [0.1, 0.15) is 5.52 Å². The molecule has 2 aromatic rings. The first-order valence-electron chi connectivity index (χ1n) is 5.99. The van der Waals surface area contributed by atoms with Gasteiger partial charge in [-0.2, -0.15) is 0 Å². The average Bonchev–Trinajstić information content (AvgIpc) is 2.78. The minimum Gasteiger partial charge on any atom is -0.481 e. The van der Waals surface area contributed by atoms with Crippen LogP contribution in [-0.2, 0) is 16.0 Å². The van der Waals surface area contributed by atoms with Crippen molar-refractivity contribution in [1.29, 1.82) is 0 Å². The summed E-state index contributed by atoms with van der Waals surface area (Å²) in [7, 11) is 0. The molecule has 0 bridgehead atoms. The van der Waals surface area contributed by atoms with Crippen LogP contribution in [0.2, 0.25) is 0 Å². The Kier molecular flexibility index (Phi) is 3.79. The summed E-state index contributed by atoms with van der Waals surface area (Å²) in [6, 6.07) is 5.14. The number of aryl methyl sites for hydroxylation is 1. The van der Waals surface area contributed by atoms with Crippen LogP contribution < -0.4 is 5.32 Å². The summed E-state index contributed by atoms with van der Waals surface area (Å²) in [5.41, 5.74) is 1.92. The Morgan fingerprint density at radius 1 is 1.37 bits per heavy atom. The molecule has 1 aromatic heterocycles. The van der Waals surface area contributed by atoms with Gasteiger partial charge in [0, 0.05) is 18.5 Å². The van der Waals surface area contributed by atoms with Crippen LogP contribution in [0.5, 0.6) is 0 Å². The molecule has 0 aliphatic carbocycles. The van der Waals surface area contributed by atoms with Gasteiger partial charge in [-0.3, -0.25) is 9.59 Å². The fourth-order valence-corrected chi connectivity index (χ4v) is 1.65. The Balaban J connectivity index is 2.08. The molecule has 6 nitrogen and oxygen atoms in total. The van der Waals surface area contributed by atoms with Crippen LogP contribution in [0.3, 0.4) is 0 Å². The number of carboxylic acids is 1. The van der Waals surface area contributed by atoms with Crippen molar-refractivity contribution in [3.05, 3.63) is 24.1 Å². The predicted molar refractivity (Wildman–Crippen MR) is 68.9 cm³/mol. The smallest absolute Gasteiger partial charge is 0.303 e. The number of aliphatic carboxylic acids is 1. The van der Waals surface area contributed by atoms with E-state index in [1.54, 1.807) is 18.2 Å². The lowest BCUT2D eigenvalue weighted by atomic mass is 10.2. The monoisotopic (exact) mass is 262 g/mol. The molecule has 0 radical (unpaired) electrons. The SMILES string of the molecule is CCc1nc2cc(NC(=O)CCC(=O)O)ccc2o1. The summed E-state index contributed by atoms with van der Waals surface area (Å²) in [4.78, 5) is 26.1. The van der Waals surface area contributed by atoms with Crippen molar-refractivity contribution < 1.29 is 19.1 Å². The zero-order valence-electron chi connectivity index (χ0n) is 10.5. The van der Waals surface area contributed by atoms with E-state index in [-0.39, 0.29) is 18.7 Å². The van der Waals surface area contributed by atoms with Gasteiger partial charge >= 0.3 is 5.97 Å². The molecule has 1 heterocycles. The fraction of sp³-hybridized carbons (Fsp3) is 0.308. The minimum atomic E-state index is -0.991. The van der Waals surface area contributed by atoms with Gasteiger partial charge in [-0.25, -0.2) is 4.98 Å². The molecule has 0 spiro atoms. The topological polar surface area (TPSA) is 92.4 Å². The van der Waals surface area contributed by atoms with Crippen LogP contribution in [0.1, 0.15) is 25.7 Å². The van der Waals surface area contributed by atoms with Crippen molar-refractivity contribution >= 4 is 28.7 Å². The zero-order valence-corrected chi connectivity index (χ0v) is 10.5. The number of fused-ring (bicyclic) bond motifs is 1. The summed E-state index contributed by atoms with van der Waals surface area (Å²) < 4.78 is 5.45. The van der Waals surface area contributed by atoms with Gasteiger partial charge in [-0.1, -0.05) is 6.92 Å². The number of rotatable bonds is 5. The maximum absolute atomic E-state index is 11.5. The molecular weight excluding hydrogens is 248 g/mol. The molecule has 100 valence electrons. The molecule has 0 atom stereocenters. The van der Waals surface area contributed by atoms with Crippen molar-refractivity contribution in [3.63, 3.8) is 0 Å². The van der Waals surface area contributed by atoms with E-state index in [1.807, 2.05) is 6.92 Å². The zero-order chi connectivity index (χ0) is 13.8. The lowest BCUT2D eigenvalue weighted by molar-refractivity contribution is -0.138. The number of oxazole rings is 1. The standard InChI is InChI=1S/C13H14N2O4/c1-2-12-15-9-7-8(3-4-10(9)19-12)14-11(16)5-6-13(17)18/h3-4,7H,2,5-6H2,1H3,(H,14,16)(H,17,18). The van der Waals surface area contributed by atoms with Gasteiger partial charge in [0.2, 0.25) is 5.91 Å². The van der Waals surface area contributed by atoms with Crippen LogP contribution in [0.4, 0.5) is 5.69 Å². The summed E-state index contributed by atoms with van der Waals surface area (Å²) >= 11 is 0. The number of amides is 1. The first-order valence-corrected chi connectivity index (χ1v) is 5.99. The normalized spacial score (nSPS) is 10.6. The van der Waals surface area contributed by atoms with Gasteiger partial charge in [-0.15, -0.1) is 0 Å². The van der Waals surface area contributed by atoms with Gasteiger partial charge < -0.3 is 14.8 Å². The van der Waals surface area contributed by atoms with E-state index in [1.165, 1.54) is 0 Å². The first kappa shape index (κ1) is 13.1. The van der Waals surface area contributed by atoms with Crippen molar-refractivity contribution in [1.82, 2.24) is 4.98 Å². The minimum absolute atomic E-state index is 0.0492. The number of hydrogen-bond donors (Lipinski definition) is 2. The molecule has 2 N–H and O–H groups in total. The highest BCUT2D eigenvalue weighted by Crippen LogP contribution is 2.20. The van der Waals surface area contributed by atoms with Gasteiger partial charge in [0.15, 0.2) is 11.5 Å². The second kappa shape index (κ2) is 5.51. The lowest BCUT2D eigenvalue weighted by Gasteiger charge is -2.03. The van der Waals surface area contributed by atoms with Gasteiger partial charge in [0.05, 0.1) is 6.42 Å². The third-order valence-electron chi connectivity index (χ3n) is 2.58. The van der Waals surface area contributed by atoms with Gasteiger partial charge in [0.25, 0.3) is 0 Å². The second-order valence-corrected chi connectivity index (χ2v) is 4.09. The van der Waals surface area contributed by atoms with E-state index in [2.05, 4.69) is 10.3 Å². The van der Waals surface area contributed by atoms with Crippen LogP contribution in [0.25, 0.3) is 11.1 Å². The highest BCUT2D eigenvalue weighted by atomic mass is 16.4. The number of hydrogen-bond acceptors (Lipinski definition) is 4. The van der Waals surface area contributed by atoms with Crippen molar-refractivity contribution in [2.24, 2.45) is 0 Å². The predicted octanol–water partition coefficient (Wildman–Crippen LogP) is 2.19. The second-order valence-electron chi connectivity index (χ2n) is 4.09. The molecule has 6 heteroatoms. The molecule has 1 aromatic carbocycles. The van der Waals surface area contributed by atoms with Crippen LogP contribution in [0, 0.1) is 0 Å². The summed E-state index contributed by atoms with van der Waals surface area (Å²) in [6.07, 6.45) is 0.472. The lowest BCUT2D eigenvalue weighted by Crippen LogP contribution is -2.13. The molecule has 0 fully saturated rings. The Bertz CT molecular complexity index is 618. The maximum atomic E-state index is 11.5. The summed E-state index contributed by atoms with van der Waals surface area (Å²) in [6.45, 7) is 1.94. The maximum Gasteiger partial charge on any atom is 0.303 e. The number of aromatic nitrogens is 1. The number of carbonyl (C=O) groups excluding carboxylic acids is 1. The quantitative estimate of drug-likeness (QED) is 0.861. The highest BCUT2D eigenvalue weighted by Gasteiger charge is 2.08. The van der Waals surface area contributed by atoms with E-state index in [9.17, 15) is 9.59 Å². The van der Waals surface area contributed by atoms with Crippen molar-refractivity contribution in [3.8, 4) is 0 Å². The first-order chi connectivity index (χ1) is 9.08. The van der Waals surface area contributed by atoms with E-state index < -0.39 is 5.97 Å². The average molecular weight is 262 g/mol. The van der Waals surface area contributed by atoms with Crippen molar-refractivity contribution in [2.45, 2.75) is 26.2 Å². The fourth-order valence-electron chi connectivity index (χ4n) is 1.65. The molecule has 19 heavy (non-hydrogen) atoms. The van der Waals surface area contributed by atoms with E-state index >= 15 is 0 Å². The highest BCUT2D eigenvalue weighted by molar-refractivity contribution is 5.94. The van der Waals surface area contributed by atoms with Crippen LogP contribution >= 0.6 is 0 Å². The number of nitrogens with one attached hydrogen (secondary N) is 1. The van der Waals surface area contributed by atoms with Crippen molar-refractivity contribution in [2.75, 3.05) is 5.32 Å². The molecule has 0 unspecified atom stereocenters. The summed E-state index contributed by atoms with van der Waals surface area (Å²) in [5, 5.41) is 11.1. The number of anilines is 1. The third-order valence-corrected chi connectivity index (χ3v) is 2.58. The molecule has 0 saturated carbocycles. The number of nitrogens with zero attached hydrogens (tertiary/aromatic N) is 1. The van der Waals surface area contributed by atoms with E-state index in [0.717, 1.165) is 0 Å². The molecular formula is C13H14N2O4. The van der Waals surface area contributed by atoms with E-state index in [0.29, 0.717) is 29.1 Å². The number of benzene rings is 1. The largest absolute Gasteiger partial charge is 0.481 e. The molecule has 0 aliphatic heterocycles. The molecule has 1 amide bonds. The Labute approximate surface area is 109 Å². The molecule has 0 aliphatic rings. The van der Waals surface area contributed by atoms with Crippen LogP contribution in [-0.4, -0.2) is 22.0 Å².